The minimum Gasteiger partial charge on any atom is -0.496 e. The van der Waals surface area contributed by atoms with E-state index in [9.17, 15) is 4.79 Å². The number of nitrogens with one attached hydrogen (secondary N) is 1. The lowest BCUT2D eigenvalue weighted by molar-refractivity contribution is 0.0951. The number of carbonyl (C=O) groups is 1. The molecule has 23 heavy (non-hydrogen) atoms. The fourth-order valence-corrected chi connectivity index (χ4v) is 2.44. The van der Waals surface area contributed by atoms with Crippen molar-refractivity contribution in [3.8, 4) is 11.5 Å². The molecule has 0 fully saturated rings. The minimum absolute atomic E-state index is 0.0929. The Morgan fingerprint density at radius 2 is 1.74 bits per heavy atom. The molecule has 4 heteroatoms. The van der Waals surface area contributed by atoms with Crippen molar-refractivity contribution in [2.75, 3.05) is 13.7 Å². The standard InChI is InChI=1S/C19H23NO3/c1-5-23-18-9-7-16(11-14(18)3)19(21)20-12-15-6-8-17(22-4)13(2)10-15/h6-11H,5,12H2,1-4H3,(H,20,21). The molecule has 122 valence electrons. The Hall–Kier alpha value is -2.49. The van der Waals surface area contributed by atoms with Crippen LogP contribution in [0.2, 0.25) is 0 Å². The van der Waals surface area contributed by atoms with E-state index in [2.05, 4.69) is 5.32 Å². The first kappa shape index (κ1) is 16.9. The average Bonchev–Trinajstić information content (AvgIpc) is 2.54. The quantitative estimate of drug-likeness (QED) is 0.885. The third-order valence-corrected chi connectivity index (χ3v) is 3.65. The highest BCUT2D eigenvalue weighted by atomic mass is 16.5. The van der Waals surface area contributed by atoms with Crippen LogP contribution in [0, 0.1) is 13.8 Å². The minimum atomic E-state index is -0.0929. The Labute approximate surface area is 137 Å². The van der Waals surface area contributed by atoms with Gasteiger partial charge < -0.3 is 14.8 Å². The number of amides is 1. The van der Waals surface area contributed by atoms with Gasteiger partial charge in [0.15, 0.2) is 0 Å². The van der Waals surface area contributed by atoms with Gasteiger partial charge >= 0.3 is 0 Å². The molecular weight excluding hydrogens is 290 g/mol. The van der Waals surface area contributed by atoms with Gasteiger partial charge in [0.25, 0.3) is 5.91 Å². The van der Waals surface area contributed by atoms with E-state index < -0.39 is 0 Å². The molecule has 0 aliphatic rings. The molecule has 0 unspecified atom stereocenters. The predicted molar refractivity (Wildman–Crippen MR) is 91.2 cm³/mol. The highest BCUT2D eigenvalue weighted by Crippen LogP contribution is 2.20. The number of methoxy groups -OCH3 is 1. The predicted octanol–water partition coefficient (Wildman–Crippen LogP) is 3.64. The number of hydrogen-bond donors (Lipinski definition) is 1. The van der Waals surface area contributed by atoms with E-state index >= 15 is 0 Å². The number of rotatable bonds is 6. The second kappa shape index (κ2) is 7.68. The van der Waals surface area contributed by atoms with Crippen molar-refractivity contribution < 1.29 is 14.3 Å². The van der Waals surface area contributed by atoms with Crippen LogP contribution in [0.3, 0.4) is 0 Å². The molecule has 0 atom stereocenters. The van der Waals surface area contributed by atoms with Crippen molar-refractivity contribution in [2.45, 2.75) is 27.3 Å². The molecule has 0 saturated carbocycles. The van der Waals surface area contributed by atoms with Crippen LogP contribution >= 0.6 is 0 Å². The van der Waals surface area contributed by atoms with Crippen molar-refractivity contribution in [3.05, 3.63) is 58.7 Å². The van der Waals surface area contributed by atoms with Crippen molar-refractivity contribution in [1.82, 2.24) is 5.32 Å². The third-order valence-electron chi connectivity index (χ3n) is 3.65. The highest BCUT2D eigenvalue weighted by molar-refractivity contribution is 5.94. The van der Waals surface area contributed by atoms with E-state index in [1.54, 1.807) is 13.2 Å². The van der Waals surface area contributed by atoms with Crippen LogP contribution in [-0.4, -0.2) is 19.6 Å². The van der Waals surface area contributed by atoms with E-state index in [1.807, 2.05) is 51.1 Å². The van der Waals surface area contributed by atoms with Crippen LogP contribution in [0.4, 0.5) is 0 Å². The lowest BCUT2D eigenvalue weighted by Crippen LogP contribution is -2.22. The highest BCUT2D eigenvalue weighted by Gasteiger charge is 2.08. The number of hydrogen-bond acceptors (Lipinski definition) is 3. The van der Waals surface area contributed by atoms with Crippen molar-refractivity contribution in [1.29, 1.82) is 0 Å². The molecule has 2 rings (SSSR count). The second-order valence-electron chi connectivity index (χ2n) is 5.40. The lowest BCUT2D eigenvalue weighted by atomic mass is 10.1. The molecule has 0 aromatic heterocycles. The fraction of sp³-hybridized carbons (Fsp3) is 0.316. The zero-order valence-corrected chi connectivity index (χ0v) is 14.1. The third kappa shape index (κ3) is 4.25. The maximum atomic E-state index is 12.3. The molecule has 0 heterocycles. The summed E-state index contributed by atoms with van der Waals surface area (Å²) in [7, 11) is 1.65. The summed E-state index contributed by atoms with van der Waals surface area (Å²) in [6.07, 6.45) is 0. The topological polar surface area (TPSA) is 47.6 Å². The van der Waals surface area contributed by atoms with Crippen molar-refractivity contribution >= 4 is 5.91 Å². The molecule has 0 spiro atoms. The Morgan fingerprint density at radius 1 is 1.04 bits per heavy atom. The van der Waals surface area contributed by atoms with Gasteiger partial charge in [0.05, 0.1) is 13.7 Å². The van der Waals surface area contributed by atoms with E-state index in [1.165, 1.54) is 0 Å². The van der Waals surface area contributed by atoms with Gasteiger partial charge in [0.2, 0.25) is 0 Å². The summed E-state index contributed by atoms with van der Waals surface area (Å²) in [5.74, 6) is 1.57. The Morgan fingerprint density at radius 3 is 2.35 bits per heavy atom. The maximum absolute atomic E-state index is 12.3. The molecule has 0 bridgehead atoms. The number of aryl methyl sites for hydroxylation is 2. The maximum Gasteiger partial charge on any atom is 0.251 e. The average molecular weight is 313 g/mol. The smallest absolute Gasteiger partial charge is 0.251 e. The first-order chi connectivity index (χ1) is 11.0. The van der Waals surface area contributed by atoms with Crippen LogP contribution in [0.1, 0.15) is 34.0 Å². The summed E-state index contributed by atoms with van der Waals surface area (Å²) in [6, 6.07) is 11.4. The molecule has 4 nitrogen and oxygen atoms in total. The van der Waals surface area contributed by atoms with E-state index in [0.29, 0.717) is 18.7 Å². The van der Waals surface area contributed by atoms with Gasteiger partial charge in [-0.2, -0.15) is 0 Å². The fourth-order valence-electron chi connectivity index (χ4n) is 2.44. The SMILES string of the molecule is CCOc1ccc(C(=O)NCc2ccc(OC)c(C)c2)cc1C. The van der Waals surface area contributed by atoms with E-state index in [-0.39, 0.29) is 5.91 Å². The first-order valence-electron chi connectivity index (χ1n) is 7.70. The van der Waals surface area contributed by atoms with Crippen LogP contribution in [0.25, 0.3) is 0 Å². The van der Waals surface area contributed by atoms with Gasteiger partial charge in [0.1, 0.15) is 11.5 Å². The Bertz CT molecular complexity index is 695. The zero-order valence-electron chi connectivity index (χ0n) is 14.1. The van der Waals surface area contributed by atoms with Gasteiger partial charge in [-0.3, -0.25) is 4.79 Å². The first-order valence-corrected chi connectivity index (χ1v) is 7.70. The molecule has 0 aliphatic carbocycles. The largest absolute Gasteiger partial charge is 0.496 e. The van der Waals surface area contributed by atoms with E-state index in [4.69, 9.17) is 9.47 Å². The summed E-state index contributed by atoms with van der Waals surface area (Å²) in [6.45, 7) is 6.96. The molecule has 2 aromatic rings. The van der Waals surface area contributed by atoms with Gasteiger partial charge in [-0.15, -0.1) is 0 Å². The van der Waals surface area contributed by atoms with Crippen LogP contribution in [-0.2, 0) is 6.54 Å². The molecule has 1 N–H and O–H groups in total. The monoisotopic (exact) mass is 313 g/mol. The summed E-state index contributed by atoms with van der Waals surface area (Å²) >= 11 is 0. The molecule has 0 saturated heterocycles. The lowest BCUT2D eigenvalue weighted by Gasteiger charge is -2.11. The van der Waals surface area contributed by atoms with Gasteiger partial charge in [0, 0.05) is 12.1 Å². The number of benzene rings is 2. The normalized spacial score (nSPS) is 10.3. The van der Waals surface area contributed by atoms with Crippen LogP contribution in [0.15, 0.2) is 36.4 Å². The Kier molecular flexibility index (Phi) is 5.63. The molecule has 2 aromatic carbocycles. The summed E-state index contributed by atoms with van der Waals surface area (Å²) in [4.78, 5) is 12.3. The summed E-state index contributed by atoms with van der Waals surface area (Å²) < 4.78 is 10.7. The number of ether oxygens (including phenoxy) is 2. The van der Waals surface area contributed by atoms with Gasteiger partial charge in [-0.25, -0.2) is 0 Å². The van der Waals surface area contributed by atoms with Crippen molar-refractivity contribution in [3.63, 3.8) is 0 Å². The second-order valence-corrected chi connectivity index (χ2v) is 5.40. The molecule has 0 radical (unpaired) electrons. The summed E-state index contributed by atoms with van der Waals surface area (Å²) in [5, 5.41) is 2.94. The summed E-state index contributed by atoms with van der Waals surface area (Å²) in [5.41, 5.74) is 3.69. The van der Waals surface area contributed by atoms with Crippen LogP contribution < -0.4 is 14.8 Å². The van der Waals surface area contributed by atoms with E-state index in [0.717, 1.165) is 28.2 Å². The molecule has 1 amide bonds. The van der Waals surface area contributed by atoms with Crippen LogP contribution in [0.5, 0.6) is 11.5 Å². The number of carbonyl (C=O) groups excluding carboxylic acids is 1. The molecule has 0 aliphatic heterocycles. The van der Waals surface area contributed by atoms with Crippen molar-refractivity contribution in [2.24, 2.45) is 0 Å². The molecular formula is C19H23NO3. The van der Waals surface area contributed by atoms with Gasteiger partial charge in [-0.05, 0) is 61.7 Å². The van der Waals surface area contributed by atoms with Gasteiger partial charge in [-0.1, -0.05) is 12.1 Å². The Balaban J connectivity index is 2.02. The zero-order chi connectivity index (χ0) is 16.8.